The number of aromatic amines is 1. The summed E-state index contributed by atoms with van der Waals surface area (Å²) in [5, 5.41) is 11.7. The van der Waals surface area contributed by atoms with Crippen molar-refractivity contribution >= 4 is 11.5 Å². The molecule has 0 radical (unpaired) electrons. The molecule has 0 aliphatic rings. The molecule has 0 saturated heterocycles. The Bertz CT molecular complexity index is 639. The molecule has 84 valence electrons. The molecular weight excluding hydrogens is 216 g/mol. The van der Waals surface area contributed by atoms with Gasteiger partial charge in [0.1, 0.15) is 17.6 Å². The third kappa shape index (κ3) is 2.69. The number of H-pyrrole nitrogens is 1. The van der Waals surface area contributed by atoms with Crippen LogP contribution in [-0.4, -0.2) is 9.97 Å². The maximum atomic E-state index is 11.2. The fourth-order valence-corrected chi connectivity index (χ4v) is 1.45. The number of anilines is 2. The van der Waals surface area contributed by atoms with E-state index < -0.39 is 5.69 Å². The smallest absolute Gasteiger partial charge is 0.340 e. The van der Waals surface area contributed by atoms with Gasteiger partial charge in [-0.2, -0.15) is 10.2 Å². The molecule has 0 atom stereocenters. The van der Waals surface area contributed by atoms with Crippen molar-refractivity contribution in [1.29, 1.82) is 5.26 Å². The molecule has 0 spiro atoms. The molecule has 2 aromatic rings. The van der Waals surface area contributed by atoms with E-state index in [4.69, 9.17) is 5.26 Å². The van der Waals surface area contributed by atoms with Crippen molar-refractivity contribution in [3.63, 3.8) is 0 Å². The Morgan fingerprint density at radius 1 is 1.41 bits per heavy atom. The molecule has 0 unspecified atom stereocenters. The van der Waals surface area contributed by atoms with Crippen molar-refractivity contribution in [2.24, 2.45) is 0 Å². The average Bonchev–Trinajstić information content (AvgIpc) is 2.28. The van der Waals surface area contributed by atoms with E-state index in [1.165, 1.54) is 6.07 Å². The standard InChI is InChI=1S/C12H10N4O/c1-8-3-2-4-9(5-8)14-11-6-10(7-13)15-12(17)16-11/h2-6H,1H3,(H2,14,15,16,17). The Labute approximate surface area is 97.8 Å². The van der Waals surface area contributed by atoms with E-state index in [-0.39, 0.29) is 5.69 Å². The normalized spacial score (nSPS) is 9.65. The lowest BCUT2D eigenvalue weighted by Crippen LogP contribution is -2.13. The van der Waals surface area contributed by atoms with E-state index in [2.05, 4.69) is 15.3 Å². The first-order valence-corrected chi connectivity index (χ1v) is 5.02. The van der Waals surface area contributed by atoms with E-state index in [0.717, 1.165) is 11.3 Å². The molecule has 5 heteroatoms. The lowest BCUT2D eigenvalue weighted by atomic mass is 10.2. The van der Waals surface area contributed by atoms with Crippen molar-refractivity contribution in [2.45, 2.75) is 6.92 Å². The van der Waals surface area contributed by atoms with Gasteiger partial charge < -0.3 is 5.32 Å². The molecule has 17 heavy (non-hydrogen) atoms. The molecule has 0 saturated carbocycles. The summed E-state index contributed by atoms with van der Waals surface area (Å²) in [6, 6.07) is 11.0. The minimum Gasteiger partial charge on any atom is -0.340 e. The van der Waals surface area contributed by atoms with E-state index >= 15 is 0 Å². The van der Waals surface area contributed by atoms with Crippen LogP contribution in [-0.2, 0) is 0 Å². The zero-order valence-corrected chi connectivity index (χ0v) is 9.19. The number of aromatic nitrogens is 2. The Morgan fingerprint density at radius 3 is 2.94 bits per heavy atom. The number of aryl methyl sites for hydroxylation is 1. The van der Waals surface area contributed by atoms with Gasteiger partial charge in [0.05, 0.1) is 0 Å². The number of benzene rings is 1. The van der Waals surface area contributed by atoms with Gasteiger partial charge in [-0.25, -0.2) is 4.79 Å². The van der Waals surface area contributed by atoms with Gasteiger partial charge in [0.2, 0.25) is 0 Å². The molecule has 5 nitrogen and oxygen atoms in total. The highest BCUT2D eigenvalue weighted by Gasteiger charge is 2.00. The van der Waals surface area contributed by atoms with Gasteiger partial charge in [0.15, 0.2) is 0 Å². The molecule has 1 aromatic carbocycles. The molecule has 0 aliphatic heterocycles. The highest BCUT2D eigenvalue weighted by molar-refractivity contribution is 5.57. The number of hydrogen-bond acceptors (Lipinski definition) is 4. The molecule has 0 bridgehead atoms. The number of nitriles is 1. The number of nitrogens with zero attached hydrogens (tertiary/aromatic N) is 2. The minimum absolute atomic E-state index is 0.181. The molecule has 2 rings (SSSR count). The van der Waals surface area contributed by atoms with Gasteiger partial charge >= 0.3 is 5.69 Å². The second-order valence-corrected chi connectivity index (χ2v) is 3.59. The predicted molar refractivity (Wildman–Crippen MR) is 64.0 cm³/mol. The topological polar surface area (TPSA) is 81.6 Å². The van der Waals surface area contributed by atoms with Crippen molar-refractivity contribution in [1.82, 2.24) is 9.97 Å². The zero-order chi connectivity index (χ0) is 12.3. The van der Waals surface area contributed by atoms with Crippen LogP contribution in [0.5, 0.6) is 0 Å². The number of rotatable bonds is 2. The van der Waals surface area contributed by atoms with Crippen molar-refractivity contribution < 1.29 is 0 Å². The Hall–Kier alpha value is -2.61. The predicted octanol–water partition coefficient (Wildman–Crippen LogP) is 1.69. The lowest BCUT2D eigenvalue weighted by molar-refractivity contribution is 1.06. The van der Waals surface area contributed by atoms with Crippen LogP contribution in [0.25, 0.3) is 0 Å². The van der Waals surface area contributed by atoms with Gasteiger partial charge in [0.25, 0.3) is 0 Å². The van der Waals surface area contributed by atoms with Gasteiger partial charge in [-0.1, -0.05) is 12.1 Å². The lowest BCUT2D eigenvalue weighted by Gasteiger charge is -2.05. The highest BCUT2D eigenvalue weighted by atomic mass is 16.1. The van der Waals surface area contributed by atoms with Crippen molar-refractivity contribution in [3.05, 3.63) is 52.1 Å². The summed E-state index contributed by atoms with van der Waals surface area (Å²) < 4.78 is 0. The molecule has 1 heterocycles. The van der Waals surface area contributed by atoms with E-state index in [1.54, 1.807) is 0 Å². The Balaban J connectivity index is 2.34. The first kappa shape index (κ1) is 10.9. The van der Waals surface area contributed by atoms with Gasteiger partial charge in [-0.05, 0) is 24.6 Å². The Kier molecular flexibility index (Phi) is 2.88. The molecule has 0 aliphatic carbocycles. The first-order chi connectivity index (χ1) is 8.17. The summed E-state index contributed by atoms with van der Waals surface area (Å²) in [7, 11) is 0. The van der Waals surface area contributed by atoms with Crippen LogP contribution in [0.4, 0.5) is 11.5 Å². The van der Waals surface area contributed by atoms with Gasteiger partial charge in [-0.15, -0.1) is 0 Å². The van der Waals surface area contributed by atoms with Crippen LogP contribution < -0.4 is 11.0 Å². The highest BCUT2D eigenvalue weighted by Crippen LogP contribution is 2.14. The van der Waals surface area contributed by atoms with Crippen molar-refractivity contribution in [3.8, 4) is 6.07 Å². The van der Waals surface area contributed by atoms with Gasteiger partial charge in [-0.3, -0.25) is 4.98 Å². The Morgan fingerprint density at radius 2 is 2.24 bits per heavy atom. The molecule has 0 amide bonds. The zero-order valence-electron chi connectivity index (χ0n) is 9.19. The summed E-state index contributed by atoms with van der Waals surface area (Å²) in [6.45, 7) is 1.97. The fraction of sp³-hybridized carbons (Fsp3) is 0.0833. The van der Waals surface area contributed by atoms with Crippen molar-refractivity contribution in [2.75, 3.05) is 5.32 Å². The average molecular weight is 226 g/mol. The maximum Gasteiger partial charge on any atom is 0.347 e. The van der Waals surface area contributed by atoms with E-state index in [9.17, 15) is 4.79 Å². The first-order valence-electron chi connectivity index (χ1n) is 5.02. The molecule has 1 aromatic heterocycles. The summed E-state index contributed by atoms with van der Waals surface area (Å²) in [6.07, 6.45) is 0. The molecule has 2 N–H and O–H groups in total. The third-order valence-electron chi connectivity index (χ3n) is 2.16. The van der Waals surface area contributed by atoms with Crippen LogP contribution in [0.3, 0.4) is 0 Å². The maximum absolute atomic E-state index is 11.2. The summed E-state index contributed by atoms with van der Waals surface area (Å²) in [5.41, 5.74) is 1.56. The second kappa shape index (κ2) is 4.49. The fourth-order valence-electron chi connectivity index (χ4n) is 1.45. The monoisotopic (exact) mass is 226 g/mol. The number of nitrogens with one attached hydrogen (secondary N) is 2. The summed E-state index contributed by atoms with van der Waals surface area (Å²) >= 11 is 0. The van der Waals surface area contributed by atoms with Crippen LogP contribution in [0.15, 0.2) is 35.1 Å². The molecule has 0 fully saturated rings. The van der Waals surface area contributed by atoms with Crippen LogP contribution in [0, 0.1) is 18.3 Å². The summed E-state index contributed by atoms with van der Waals surface area (Å²) in [4.78, 5) is 17.2. The summed E-state index contributed by atoms with van der Waals surface area (Å²) in [5.74, 6) is 0.357. The van der Waals surface area contributed by atoms with Gasteiger partial charge in [0, 0.05) is 11.8 Å². The second-order valence-electron chi connectivity index (χ2n) is 3.59. The minimum atomic E-state index is -0.542. The quantitative estimate of drug-likeness (QED) is 0.816. The number of hydrogen-bond donors (Lipinski definition) is 2. The van der Waals surface area contributed by atoms with E-state index in [0.29, 0.717) is 5.82 Å². The van der Waals surface area contributed by atoms with Crippen LogP contribution in [0.2, 0.25) is 0 Å². The largest absolute Gasteiger partial charge is 0.347 e. The third-order valence-corrected chi connectivity index (χ3v) is 2.16. The van der Waals surface area contributed by atoms with E-state index in [1.807, 2.05) is 37.3 Å². The van der Waals surface area contributed by atoms with Crippen LogP contribution in [0.1, 0.15) is 11.3 Å². The van der Waals surface area contributed by atoms with Crippen LogP contribution >= 0.6 is 0 Å². The molecular formula is C12H10N4O. The SMILES string of the molecule is Cc1cccc(Nc2cc(C#N)[nH]c(=O)n2)c1.